The first-order valence-electron chi connectivity index (χ1n) is 4.83. The number of thiazole rings is 1. The molecule has 1 aromatic rings. The maximum Gasteiger partial charge on any atom is 0.309 e. The van der Waals surface area contributed by atoms with Crippen molar-refractivity contribution in [1.29, 1.82) is 0 Å². The number of carboxylic acid groups (broad SMARTS) is 1. The van der Waals surface area contributed by atoms with Crippen LogP contribution in [-0.2, 0) is 16.0 Å². The van der Waals surface area contributed by atoms with E-state index in [1.54, 1.807) is 5.38 Å². The molecule has 2 heterocycles. The summed E-state index contributed by atoms with van der Waals surface area (Å²) in [5, 5.41) is 13.8. The van der Waals surface area contributed by atoms with E-state index >= 15 is 0 Å². The third kappa shape index (κ3) is 2.48. The molecule has 0 saturated carbocycles. The fraction of sp³-hybridized carbons (Fsp3) is 0.444. The molecule has 1 aromatic heterocycles. The number of carboxylic acids is 1. The molecule has 0 aliphatic carbocycles. The van der Waals surface area contributed by atoms with Gasteiger partial charge in [-0.3, -0.25) is 9.59 Å². The molecule has 6 nitrogen and oxygen atoms in total. The third-order valence-electron chi connectivity index (χ3n) is 2.18. The van der Waals surface area contributed by atoms with Crippen LogP contribution in [0, 0.1) is 0 Å². The summed E-state index contributed by atoms with van der Waals surface area (Å²) in [6.07, 6.45) is -0.0729. The molecule has 0 aromatic carbocycles. The monoisotopic (exact) mass is 241 g/mol. The Hall–Kier alpha value is -1.63. The van der Waals surface area contributed by atoms with Gasteiger partial charge in [-0.2, -0.15) is 0 Å². The van der Waals surface area contributed by atoms with Crippen LogP contribution in [-0.4, -0.2) is 41.6 Å². The molecule has 0 bridgehead atoms. The van der Waals surface area contributed by atoms with Crippen molar-refractivity contribution in [3.63, 3.8) is 0 Å². The predicted molar refractivity (Wildman–Crippen MR) is 58.7 cm³/mol. The number of hydrogen-bond donors (Lipinski definition) is 2. The Morgan fingerprint density at radius 2 is 2.50 bits per heavy atom. The van der Waals surface area contributed by atoms with Crippen molar-refractivity contribution in [1.82, 2.24) is 10.3 Å². The minimum Gasteiger partial charge on any atom is -0.481 e. The van der Waals surface area contributed by atoms with Crippen molar-refractivity contribution in [2.24, 2.45) is 0 Å². The molecule has 1 fully saturated rings. The van der Waals surface area contributed by atoms with Gasteiger partial charge in [0.2, 0.25) is 5.91 Å². The summed E-state index contributed by atoms with van der Waals surface area (Å²) >= 11 is 1.37. The lowest BCUT2D eigenvalue weighted by Crippen LogP contribution is -2.47. The summed E-state index contributed by atoms with van der Waals surface area (Å²) in [4.78, 5) is 27.7. The largest absolute Gasteiger partial charge is 0.481 e. The van der Waals surface area contributed by atoms with Gasteiger partial charge in [-0.1, -0.05) is 0 Å². The first kappa shape index (κ1) is 10.9. The Morgan fingerprint density at radius 3 is 3.19 bits per heavy atom. The standard InChI is InChI=1S/C9H11N3O3S/c13-7-4-12(2-1-10-7)9-11-6(5-16-9)3-8(14)15/h5H,1-4H2,(H,10,13)(H,14,15). The first-order valence-corrected chi connectivity index (χ1v) is 5.71. The molecule has 1 aliphatic rings. The number of aliphatic carboxylic acids is 1. The second kappa shape index (κ2) is 4.48. The lowest BCUT2D eigenvalue weighted by molar-refractivity contribution is -0.136. The van der Waals surface area contributed by atoms with Crippen LogP contribution in [0.1, 0.15) is 5.69 Å². The molecule has 1 aliphatic heterocycles. The fourth-order valence-corrected chi connectivity index (χ4v) is 2.33. The Morgan fingerprint density at radius 1 is 1.69 bits per heavy atom. The topological polar surface area (TPSA) is 82.5 Å². The van der Waals surface area contributed by atoms with Gasteiger partial charge in [0.05, 0.1) is 18.7 Å². The van der Waals surface area contributed by atoms with Crippen LogP contribution in [0.4, 0.5) is 5.13 Å². The normalized spacial score (nSPS) is 16.0. The Balaban J connectivity index is 2.06. The van der Waals surface area contributed by atoms with Crippen LogP contribution < -0.4 is 10.2 Å². The maximum absolute atomic E-state index is 11.2. The zero-order valence-corrected chi connectivity index (χ0v) is 9.29. The summed E-state index contributed by atoms with van der Waals surface area (Å²) in [6.45, 7) is 1.61. The summed E-state index contributed by atoms with van der Waals surface area (Å²) < 4.78 is 0. The Bertz CT molecular complexity index is 418. The number of piperazine rings is 1. The second-order valence-corrected chi connectivity index (χ2v) is 4.30. The number of rotatable bonds is 3. The summed E-state index contributed by atoms with van der Waals surface area (Å²) in [6, 6.07) is 0. The fourth-order valence-electron chi connectivity index (χ4n) is 1.48. The number of nitrogens with zero attached hydrogens (tertiary/aromatic N) is 2. The Kier molecular flexibility index (Phi) is 3.04. The number of nitrogens with one attached hydrogen (secondary N) is 1. The van der Waals surface area contributed by atoms with Crippen LogP contribution >= 0.6 is 11.3 Å². The Labute approximate surface area is 95.9 Å². The van der Waals surface area contributed by atoms with Gasteiger partial charge in [-0.25, -0.2) is 4.98 Å². The van der Waals surface area contributed by atoms with Gasteiger partial charge >= 0.3 is 5.97 Å². The van der Waals surface area contributed by atoms with Gasteiger partial charge < -0.3 is 15.3 Å². The number of carbonyl (C=O) groups excluding carboxylic acids is 1. The summed E-state index contributed by atoms with van der Waals surface area (Å²) in [5.74, 6) is -0.922. The minimum absolute atomic E-state index is 0.0266. The van der Waals surface area contributed by atoms with Gasteiger partial charge in [0.25, 0.3) is 0 Å². The van der Waals surface area contributed by atoms with Gasteiger partial charge in [0, 0.05) is 18.5 Å². The summed E-state index contributed by atoms with van der Waals surface area (Å²) in [5.41, 5.74) is 0.540. The molecule has 2 N–H and O–H groups in total. The highest BCUT2D eigenvalue weighted by atomic mass is 32.1. The number of anilines is 1. The average molecular weight is 241 g/mol. The van der Waals surface area contributed by atoms with Crippen molar-refractivity contribution >= 4 is 28.3 Å². The smallest absolute Gasteiger partial charge is 0.309 e. The highest BCUT2D eigenvalue weighted by Crippen LogP contribution is 2.21. The lowest BCUT2D eigenvalue weighted by Gasteiger charge is -2.25. The molecule has 0 atom stereocenters. The summed E-state index contributed by atoms with van der Waals surface area (Å²) in [7, 11) is 0. The van der Waals surface area contributed by atoms with Crippen LogP contribution in [0.5, 0.6) is 0 Å². The lowest BCUT2D eigenvalue weighted by atomic mass is 10.3. The molecule has 1 saturated heterocycles. The highest BCUT2D eigenvalue weighted by molar-refractivity contribution is 7.13. The van der Waals surface area contributed by atoms with Gasteiger partial charge in [-0.05, 0) is 0 Å². The van der Waals surface area contributed by atoms with Crippen LogP contribution in [0.3, 0.4) is 0 Å². The first-order chi connectivity index (χ1) is 7.65. The number of aromatic nitrogens is 1. The number of carbonyl (C=O) groups is 2. The number of hydrogen-bond acceptors (Lipinski definition) is 5. The predicted octanol–water partition coefficient (Wildman–Crippen LogP) is -0.294. The van der Waals surface area contributed by atoms with E-state index in [2.05, 4.69) is 10.3 Å². The quantitative estimate of drug-likeness (QED) is 0.759. The molecular weight excluding hydrogens is 230 g/mol. The van der Waals surface area contributed by atoms with Crippen molar-refractivity contribution in [3.05, 3.63) is 11.1 Å². The van der Waals surface area contributed by atoms with Crippen LogP contribution in [0.25, 0.3) is 0 Å². The van der Waals surface area contributed by atoms with Crippen molar-refractivity contribution < 1.29 is 14.7 Å². The van der Waals surface area contributed by atoms with Gasteiger partial charge in [0.1, 0.15) is 0 Å². The molecule has 1 amide bonds. The van der Waals surface area contributed by atoms with E-state index in [1.165, 1.54) is 11.3 Å². The van der Waals surface area contributed by atoms with E-state index in [1.807, 2.05) is 4.90 Å². The van der Waals surface area contributed by atoms with Crippen LogP contribution in [0.2, 0.25) is 0 Å². The third-order valence-corrected chi connectivity index (χ3v) is 3.13. The maximum atomic E-state index is 11.2. The molecule has 7 heteroatoms. The van der Waals surface area contributed by atoms with Gasteiger partial charge in [0.15, 0.2) is 5.13 Å². The van der Waals surface area contributed by atoms with E-state index in [-0.39, 0.29) is 12.3 Å². The zero-order valence-electron chi connectivity index (χ0n) is 8.47. The van der Waals surface area contributed by atoms with Gasteiger partial charge in [-0.15, -0.1) is 11.3 Å². The van der Waals surface area contributed by atoms with Crippen molar-refractivity contribution in [2.45, 2.75) is 6.42 Å². The molecule has 0 unspecified atom stereocenters. The number of amides is 1. The average Bonchev–Trinajstić information content (AvgIpc) is 2.65. The second-order valence-electron chi connectivity index (χ2n) is 3.46. The highest BCUT2D eigenvalue weighted by Gasteiger charge is 2.19. The van der Waals surface area contributed by atoms with Crippen molar-refractivity contribution in [2.75, 3.05) is 24.5 Å². The SMILES string of the molecule is O=C(O)Cc1csc(N2CCNC(=O)C2)n1. The van der Waals surface area contributed by atoms with E-state index in [4.69, 9.17) is 5.11 Å². The van der Waals surface area contributed by atoms with Crippen LogP contribution in [0.15, 0.2) is 5.38 Å². The molecule has 16 heavy (non-hydrogen) atoms. The molecule has 86 valence electrons. The molecular formula is C9H11N3O3S. The van der Waals surface area contributed by atoms with E-state index in [9.17, 15) is 9.59 Å². The molecule has 0 spiro atoms. The zero-order chi connectivity index (χ0) is 11.5. The minimum atomic E-state index is -0.895. The van der Waals surface area contributed by atoms with E-state index in [0.29, 0.717) is 30.5 Å². The van der Waals surface area contributed by atoms with Crippen molar-refractivity contribution in [3.8, 4) is 0 Å². The van der Waals surface area contributed by atoms with E-state index < -0.39 is 5.97 Å². The van der Waals surface area contributed by atoms with E-state index in [0.717, 1.165) is 0 Å². The molecule has 2 rings (SSSR count). The molecule has 0 radical (unpaired) electrons.